The van der Waals surface area contributed by atoms with Gasteiger partial charge in [-0.1, -0.05) is 12.1 Å². The van der Waals surface area contributed by atoms with E-state index in [1.165, 1.54) is 7.11 Å². The van der Waals surface area contributed by atoms with Gasteiger partial charge in [-0.05, 0) is 58.9 Å². The first-order chi connectivity index (χ1) is 13.5. The maximum Gasteiger partial charge on any atom is 0.412 e. The molecule has 2 N–H and O–H groups in total. The number of hydrogen-bond donors (Lipinski definition) is 2. The molecule has 1 amide bonds. The number of methoxy groups -OCH3 is 2. The summed E-state index contributed by atoms with van der Waals surface area (Å²) >= 11 is 0. The molecule has 0 unspecified atom stereocenters. The number of carboxylic acid groups (broad SMARTS) is 1. The van der Waals surface area contributed by atoms with Crippen LogP contribution in [-0.2, 0) is 4.74 Å². The Hall–Kier alpha value is -3.22. The number of hydrogen-bond acceptors (Lipinski definition) is 5. The van der Waals surface area contributed by atoms with Crippen LogP contribution in [0.4, 0.5) is 10.5 Å². The van der Waals surface area contributed by atoms with Gasteiger partial charge in [0.15, 0.2) is 0 Å². The number of aromatic carboxylic acids is 1. The quantitative estimate of drug-likeness (QED) is 0.742. The highest BCUT2D eigenvalue weighted by atomic mass is 16.6. The van der Waals surface area contributed by atoms with Gasteiger partial charge in [0.05, 0.1) is 25.5 Å². The molecule has 0 fully saturated rings. The summed E-state index contributed by atoms with van der Waals surface area (Å²) in [5.41, 5.74) is 2.01. The number of benzene rings is 2. The van der Waals surface area contributed by atoms with Crippen LogP contribution >= 0.6 is 0 Å². The minimum absolute atomic E-state index is 0.286. The second-order valence-electron chi connectivity index (χ2n) is 7.20. The largest absolute Gasteiger partial charge is 0.496 e. The highest BCUT2D eigenvalue weighted by molar-refractivity contribution is 5.90. The first-order valence-corrected chi connectivity index (χ1v) is 9.00. The van der Waals surface area contributed by atoms with Crippen molar-refractivity contribution in [2.45, 2.75) is 40.2 Å². The minimum Gasteiger partial charge on any atom is -0.496 e. The molecule has 0 aliphatic rings. The lowest BCUT2D eigenvalue weighted by Crippen LogP contribution is -2.27. The summed E-state index contributed by atoms with van der Waals surface area (Å²) in [4.78, 5) is 22.2. The van der Waals surface area contributed by atoms with Gasteiger partial charge < -0.3 is 19.3 Å². The molecule has 2 rings (SSSR count). The predicted octanol–water partition coefficient (Wildman–Crippen LogP) is 5.05. The lowest BCUT2D eigenvalue weighted by molar-refractivity contribution is 0.0634. The summed E-state index contributed by atoms with van der Waals surface area (Å²) in [5.74, 6) is 0.417. The van der Waals surface area contributed by atoms with E-state index in [2.05, 4.69) is 5.32 Å². The van der Waals surface area contributed by atoms with Crippen LogP contribution in [0.15, 0.2) is 36.4 Å². The summed E-state index contributed by atoms with van der Waals surface area (Å²) < 4.78 is 15.3. The van der Waals surface area contributed by atoms with Crippen molar-refractivity contribution in [1.82, 2.24) is 0 Å². The average Bonchev–Trinajstić information content (AvgIpc) is 2.62. The van der Waals surface area contributed by atoms with Crippen LogP contribution in [0.3, 0.4) is 0 Å². The molecule has 158 valence electrons. The number of anilines is 1. The van der Waals surface area contributed by atoms with Gasteiger partial charge in [0.2, 0.25) is 0 Å². The van der Waals surface area contributed by atoms with Gasteiger partial charge in [-0.15, -0.1) is 0 Å². The number of ether oxygens (including phenoxy) is 3. The Bertz CT molecular complexity index is 855. The molecule has 0 radical (unpaired) electrons. The zero-order valence-corrected chi connectivity index (χ0v) is 18.0. The fourth-order valence-electron chi connectivity index (χ4n) is 2.45. The summed E-state index contributed by atoms with van der Waals surface area (Å²) in [6, 6.07) is 10.4. The van der Waals surface area contributed by atoms with Gasteiger partial charge in [0, 0.05) is 11.1 Å². The summed E-state index contributed by atoms with van der Waals surface area (Å²) in [7, 11) is 3.12. The molecule has 2 aromatic rings. The molecule has 0 saturated heterocycles. The maximum atomic E-state index is 11.6. The standard InChI is InChI=1S/C13H19NO3.C9H10O3/c1-9-10(7-6-8-11(9)16-5)14-12(15)17-13(2,3)4;1-6-7(9(10)11)4-3-5-8(6)12-2/h6-8H,1-5H3,(H,14,15);3-5H,1-2H3,(H,10,11). The second-order valence-corrected chi connectivity index (χ2v) is 7.20. The molecule has 0 spiro atoms. The van der Waals surface area contributed by atoms with E-state index in [0.717, 1.165) is 11.3 Å². The highest BCUT2D eigenvalue weighted by Gasteiger charge is 2.17. The highest BCUT2D eigenvalue weighted by Crippen LogP contribution is 2.25. The zero-order chi connectivity index (χ0) is 22.2. The Morgan fingerprint density at radius 1 is 0.897 bits per heavy atom. The first-order valence-electron chi connectivity index (χ1n) is 9.00. The van der Waals surface area contributed by atoms with Crippen molar-refractivity contribution in [1.29, 1.82) is 0 Å². The number of carboxylic acids is 1. The molecule has 0 heterocycles. The van der Waals surface area contributed by atoms with Crippen LogP contribution < -0.4 is 14.8 Å². The van der Waals surface area contributed by atoms with Crippen molar-refractivity contribution in [3.8, 4) is 11.5 Å². The van der Waals surface area contributed by atoms with Crippen LogP contribution in [0.2, 0.25) is 0 Å². The third-order valence-electron chi connectivity index (χ3n) is 3.87. The zero-order valence-electron chi connectivity index (χ0n) is 18.0. The first kappa shape index (κ1) is 23.8. The van der Waals surface area contributed by atoms with E-state index in [1.807, 2.05) is 45.9 Å². The Morgan fingerprint density at radius 2 is 1.41 bits per heavy atom. The lowest BCUT2D eigenvalue weighted by atomic mass is 10.1. The lowest BCUT2D eigenvalue weighted by Gasteiger charge is -2.20. The Balaban J connectivity index is 0.000000308. The molecule has 7 nitrogen and oxygen atoms in total. The molecule has 0 bridgehead atoms. The SMILES string of the molecule is COc1cccc(C(=O)O)c1C.COc1cccc(NC(=O)OC(C)(C)C)c1C. The van der Waals surface area contributed by atoms with Crippen LogP contribution in [0.5, 0.6) is 11.5 Å². The summed E-state index contributed by atoms with van der Waals surface area (Å²) in [6.45, 7) is 9.08. The van der Waals surface area contributed by atoms with E-state index in [0.29, 0.717) is 17.0 Å². The number of carbonyl (C=O) groups is 2. The maximum absolute atomic E-state index is 11.6. The summed E-state index contributed by atoms with van der Waals surface area (Å²) in [6.07, 6.45) is -0.464. The van der Waals surface area contributed by atoms with Gasteiger partial charge in [-0.3, -0.25) is 5.32 Å². The third kappa shape index (κ3) is 7.37. The van der Waals surface area contributed by atoms with Crippen LogP contribution in [0, 0.1) is 13.8 Å². The molecule has 0 saturated carbocycles. The van der Waals surface area contributed by atoms with Gasteiger partial charge in [-0.2, -0.15) is 0 Å². The average molecular weight is 403 g/mol. The van der Waals surface area contributed by atoms with Crippen molar-refractivity contribution in [3.63, 3.8) is 0 Å². The van der Waals surface area contributed by atoms with Gasteiger partial charge in [-0.25, -0.2) is 9.59 Å². The van der Waals surface area contributed by atoms with Crippen LogP contribution in [0.1, 0.15) is 42.3 Å². The molecule has 7 heteroatoms. The van der Waals surface area contributed by atoms with Crippen LogP contribution in [0.25, 0.3) is 0 Å². The third-order valence-corrected chi connectivity index (χ3v) is 3.87. The Morgan fingerprint density at radius 3 is 1.90 bits per heavy atom. The Kier molecular flexibility index (Phi) is 8.51. The Labute approximate surface area is 171 Å². The van der Waals surface area contributed by atoms with Crippen molar-refractivity contribution >= 4 is 17.7 Å². The van der Waals surface area contributed by atoms with E-state index in [-0.39, 0.29) is 5.56 Å². The smallest absolute Gasteiger partial charge is 0.412 e. The van der Waals surface area contributed by atoms with Crippen molar-refractivity contribution in [2.24, 2.45) is 0 Å². The predicted molar refractivity (Wildman–Crippen MR) is 112 cm³/mol. The molecule has 0 aliphatic carbocycles. The van der Waals surface area contributed by atoms with E-state index in [1.54, 1.807) is 32.2 Å². The number of amides is 1. The molecule has 2 aromatic carbocycles. The fraction of sp³-hybridized carbons (Fsp3) is 0.364. The molecular formula is C22H29NO6. The molecular weight excluding hydrogens is 374 g/mol. The monoisotopic (exact) mass is 403 g/mol. The number of carbonyl (C=O) groups excluding carboxylic acids is 1. The molecule has 0 aromatic heterocycles. The van der Waals surface area contributed by atoms with E-state index >= 15 is 0 Å². The van der Waals surface area contributed by atoms with Crippen molar-refractivity contribution in [2.75, 3.05) is 19.5 Å². The van der Waals surface area contributed by atoms with Gasteiger partial charge >= 0.3 is 12.1 Å². The van der Waals surface area contributed by atoms with E-state index in [4.69, 9.17) is 19.3 Å². The second kappa shape index (κ2) is 10.4. The number of nitrogens with one attached hydrogen (secondary N) is 1. The van der Waals surface area contributed by atoms with Gasteiger partial charge in [0.25, 0.3) is 0 Å². The molecule has 0 aliphatic heterocycles. The van der Waals surface area contributed by atoms with Crippen molar-refractivity contribution in [3.05, 3.63) is 53.1 Å². The van der Waals surface area contributed by atoms with E-state index in [9.17, 15) is 9.59 Å². The molecule has 0 atom stereocenters. The number of rotatable bonds is 4. The minimum atomic E-state index is -0.925. The van der Waals surface area contributed by atoms with E-state index < -0.39 is 17.7 Å². The normalized spacial score (nSPS) is 10.3. The van der Waals surface area contributed by atoms with Gasteiger partial charge in [0.1, 0.15) is 17.1 Å². The summed E-state index contributed by atoms with van der Waals surface area (Å²) in [5, 5.41) is 11.4. The molecule has 29 heavy (non-hydrogen) atoms. The topological polar surface area (TPSA) is 94.1 Å². The van der Waals surface area contributed by atoms with Crippen molar-refractivity contribution < 1.29 is 28.9 Å². The fourth-order valence-corrected chi connectivity index (χ4v) is 2.45. The van der Waals surface area contributed by atoms with Crippen LogP contribution in [-0.4, -0.2) is 37.0 Å².